The normalized spacial score (nSPS) is 11.9. The van der Waals surface area contributed by atoms with E-state index in [0.717, 1.165) is 0 Å². The molecule has 2 N–H and O–H groups in total. The first kappa shape index (κ1) is 10.3. The first-order valence-electron chi connectivity index (χ1n) is 3.07. The number of hydrogen-bond donors (Lipinski definition) is 1. The fourth-order valence-corrected chi connectivity index (χ4v) is 0.670. The average Bonchev–Trinajstić information content (AvgIpc) is 1.88. The monoisotopic (exact) mass is 176 g/mol. The Morgan fingerprint density at radius 2 is 2.27 bits per heavy atom. The Kier molecular flexibility index (Phi) is 4.00. The van der Waals surface area contributed by atoms with E-state index in [0.29, 0.717) is 5.69 Å². The van der Waals surface area contributed by atoms with Gasteiger partial charge in [-0.2, -0.15) is 0 Å². The smallest absolute Gasteiger partial charge is 0.126 e. The van der Waals surface area contributed by atoms with Gasteiger partial charge in [-0.1, -0.05) is 0 Å². The Morgan fingerprint density at radius 3 is 2.64 bits per heavy atom. The molecule has 62 valence electrons. The summed E-state index contributed by atoms with van der Waals surface area (Å²) < 4.78 is 12.4. The molecular formula is C7H10ClFN2. The molecule has 1 aromatic heterocycles. The SMILES string of the molecule is C[C@H](N)c1cc(F)ccn1.Cl. The Bertz CT molecular complexity index is 227. The largest absolute Gasteiger partial charge is 0.323 e. The topological polar surface area (TPSA) is 38.9 Å². The zero-order valence-electron chi connectivity index (χ0n) is 6.12. The molecule has 1 aromatic rings. The van der Waals surface area contributed by atoms with Gasteiger partial charge in [-0.15, -0.1) is 12.4 Å². The third-order valence-corrected chi connectivity index (χ3v) is 1.21. The molecule has 0 bridgehead atoms. The number of aromatic nitrogens is 1. The Balaban J connectivity index is 0.000001000. The highest BCUT2D eigenvalue weighted by Crippen LogP contribution is 2.06. The van der Waals surface area contributed by atoms with E-state index in [-0.39, 0.29) is 24.3 Å². The molecule has 0 aliphatic heterocycles. The molecule has 1 heterocycles. The molecule has 0 amide bonds. The van der Waals surface area contributed by atoms with Crippen LogP contribution in [-0.4, -0.2) is 4.98 Å². The lowest BCUT2D eigenvalue weighted by Crippen LogP contribution is -2.07. The van der Waals surface area contributed by atoms with Crippen LogP contribution in [0.2, 0.25) is 0 Å². The van der Waals surface area contributed by atoms with Gasteiger partial charge in [0, 0.05) is 12.2 Å². The molecule has 0 fully saturated rings. The fourth-order valence-electron chi connectivity index (χ4n) is 0.670. The van der Waals surface area contributed by atoms with Crippen molar-refractivity contribution in [2.75, 3.05) is 0 Å². The van der Waals surface area contributed by atoms with Gasteiger partial charge in [-0.25, -0.2) is 4.39 Å². The first-order chi connectivity index (χ1) is 4.70. The predicted octanol–water partition coefficient (Wildman–Crippen LogP) is 1.66. The lowest BCUT2D eigenvalue weighted by Gasteiger charge is -2.01. The summed E-state index contributed by atoms with van der Waals surface area (Å²) in [5, 5.41) is 0. The maximum absolute atomic E-state index is 12.4. The van der Waals surface area contributed by atoms with Crippen molar-refractivity contribution in [2.24, 2.45) is 5.73 Å². The molecule has 0 aromatic carbocycles. The van der Waals surface area contributed by atoms with Crippen LogP contribution in [0.15, 0.2) is 18.3 Å². The van der Waals surface area contributed by atoms with Crippen LogP contribution in [0.5, 0.6) is 0 Å². The van der Waals surface area contributed by atoms with Gasteiger partial charge in [-0.05, 0) is 19.1 Å². The lowest BCUT2D eigenvalue weighted by molar-refractivity contribution is 0.617. The van der Waals surface area contributed by atoms with E-state index in [1.807, 2.05) is 0 Å². The minimum atomic E-state index is -0.290. The molecule has 0 aliphatic carbocycles. The molecule has 11 heavy (non-hydrogen) atoms. The fraction of sp³-hybridized carbons (Fsp3) is 0.286. The van der Waals surface area contributed by atoms with Gasteiger partial charge in [-0.3, -0.25) is 4.98 Å². The molecule has 1 atom stereocenters. The molecule has 0 saturated heterocycles. The van der Waals surface area contributed by atoms with Crippen LogP contribution in [0.4, 0.5) is 4.39 Å². The highest BCUT2D eigenvalue weighted by Gasteiger charge is 2.00. The summed E-state index contributed by atoms with van der Waals surface area (Å²) in [5.74, 6) is -0.290. The van der Waals surface area contributed by atoms with Crippen LogP contribution in [0.1, 0.15) is 18.7 Å². The van der Waals surface area contributed by atoms with Gasteiger partial charge in [0.2, 0.25) is 0 Å². The minimum absolute atomic E-state index is 0. The number of hydrogen-bond acceptors (Lipinski definition) is 2. The zero-order valence-corrected chi connectivity index (χ0v) is 6.94. The van der Waals surface area contributed by atoms with Gasteiger partial charge in [0.25, 0.3) is 0 Å². The molecule has 0 radical (unpaired) electrons. The van der Waals surface area contributed by atoms with Gasteiger partial charge < -0.3 is 5.73 Å². The number of nitrogens with zero attached hydrogens (tertiary/aromatic N) is 1. The molecular weight excluding hydrogens is 167 g/mol. The third-order valence-electron chi connectivity index (χ3n) is 1.21. The number of nitrogens with two attached hydrogens (primary N) is 1. The average molecular weight is 177 g/mol. The summed E-state index contributed by atoms with van der Waals surface area (Å²) in [5.41, 5.74) is 6.04. The molecule has 4 heteroatoms. The Labute approximate surface area is 71.0 Å². The van der Waals surface area contributed by atoms with E-state index < -0.39 is 0 Å². The van der Waals surface area contributed by atoms with Crippen LogP contribution in [0.3, 0.4) is 0 Å². The van der Waals surface area contributed by atoms with E-state index >= 15 is 0 Å². The number of halogens is 2. The van der Waals surface area contributed by atoms with Gasteiger partial charge >= 0.3 is 0 Å². The van der Waals surface area contributed by atoms with Crippen molar-refractivity contribution >= 4 is 12.4 Å². The van der Waals surface area contributed by atoms with Crippen LogP contribution < -0.4 is 5.73 Å². The molecule has 0 spiro atoms. The Morgan fingerprint density at radius 1 is 1.64 bits per heavy atom. The van der Waals surface area contributed by atoms with E-state index in [2.05, 4.69) is 4.98 Å². The molecule has 0 unspecified atom stereocenters. The second kappa shape index (κ2) is 4.26. The van der Waals surface area contributed by atoms with Gasteiger partial charge in [0.15, 0.2) is 0 Å². The first-order valence-corrected chi connectivity index (χ1v) is 3.07. The van der Waals surface area contributed by atoms with E-state index in [1.165, 1.54) is 18.3 Å². The van der Waals surface area contributed by atoms with Crippen molar-refractivity contribution in [1.29, 1.82) is 0 Å². The molecule has 2 nitrogen and oxygen atoms in total. The van der Waals surface area contributed by atoms with Crippen LogP contribution in [0, 0.1) is 5.82 Å². The summed E-state index contributed by atoms with van der Waals surface area (Å²) in [4.78, 5) is 3.87. The number of rotatable bonds is 1. The zero-order chi connectivity index (χ0) is 7.56. The lowest BCUT2D eigenvalue weighted by atomic mass is 10.2. The van der Waals surface area contributed by atoms with Crippen molar-refractivity contribution in [2.45, 2.75) is 13.0 Å². The molecule has 0 aliphatic rings. The Hall–Kier alpha value is -0.670. The summed E-state index contributed by atoms with van der Waals surface area (Å²) >= 11 is 0. The van der Waals surface area contributed by atoms with Crippen molar-refractivity contribution in [3.8, 4) is 0 Å². The standard InChI is InChI=1S/C7H9FN2.ClH/c1-5(9)7-4-6(8)2-3-10-7;/h2-5H,9H2,1H3;1H/t5-;/m0./s1. The van der Waals surface area contributed by atoms with Crippen molar-refractivity contribution < 1.29 is 4.39 Å². The van der Waals surface area contributed by atoms with Crippen molar-refractivity contribution in [3.63, 3.8) is 0 Å². The quantitative estimate of drug-likeness (QED) is 0.707. The van der Waals surface area contributed by atoms with Crippen molar-refractivity contribution in [1.82, 2.24) is 4.98 Å². The van der Waals surface area contributed by atoms with E-state index in [9.17, 15) is 4.39 Å². The van der Waals surface area contributed by atoms with E-state index in [4.69, 9.17) is 5.73 Å². The minimum Gasteiger partial charge on any atom is -0.323 e. The summed E-state index contributed by atoms with van der Waals surface area (Å²) in [6.07, 6.45) is 1.41. The second-order valence-electron chi connectivity index (χ2n) is 2.19. The van der Waals surface area contributed by atoms with Gasteiger partial charge in [0.05, 0.1) is 5.69 Å². The summed E-state index contributed by atoms with van der Waals surface area (Å²) in [7, 11) is 0. The maximum atomic E-state index is 12.4. The predicted molar refractivity (Wildman–Crippen MR) is 44.0 cm³/mol. The highest BCUT2D eigenvalue weighted by atomic mass is 35.5. The summed E-state index contributed by atoms with van der Waals surface area (Å²) in [6, 6.07) is 2.44. The van der Waals surface area contributed by atoms with Crippen LogP contribution in [-0.2, 0) is 0 Å². The summed E-state index contributed by atoms with van der Waals surface area (Å²) in [6.45, 7) is 1.77. The van der Waals surface area contributed by atoms with E-state index in [1.54, 1.807) is 6.92 Å². The van der Waals surface area contributed by atoms with Gasteiger partial charge in [0.1, 0.15) is 5.82 Å². The second-order valence-corrected chi connectivity index (χ2v) is 2.19. The third kappa shape index (κ3) is 2.82. The molecule has 0 saturated carbocycles. The maximum Gasteiger partial charge on any atom is 0.126 e. The number of pyridine rings is 1. The van der Waals surface area contributed by atoms with Crippen LogP contribution >= 0.6 is 12.4 Å². The highest BCUT2D eigenvalue weighted by molar-refractivity contribution is 5.85. The van der Waals surface area contributed by atoms with Crippen molar-refractivity contribution in [3.05, 3.63) is 29.8 Å². The molecule has 1 rings (SSSR count). The van der Waals surface area contributed by atoms with Crippen LogP contribution in [0.25, 0.3) is 0 Å².